The second kappa shape index (κ2) is 11.1. The summed E-state index contributed by atoms with van der Waals surface area (Å²) in [5.74, 6) is -0.0123. The molecule has 1 heterocycles. The summed E-state index contributed by atoms with van der Waals surface area (Å²) in [4.78, 5) is 38.1. The van der Waals surface area contributed by atoms with Gasteiger partial charge in [-0.25, -0.2) is 0 Å². The summed E-state index contributed by atoms with van der Waals surface area (Å²) in [6.07, 6.45) is 0.890. The van der Waals surface area contributed by atoms with Crippen LogP contribution in [-0.4, -0.2) is 69.4 Å². The van der Waals surface area contributed by atoms with Gasteiger partial charge in [0.1, 0.15) is 24.4 Å². The molecule has 1 saturated heterocycles. The van der Waals surface area contributed by atoms with E-state index >= 15 is 0 Å². The zero-order valence-corrected chi connectivity index (χ0v) is 28.5. The smallest absolute Gasteiger partial charge is 0.309 e. The first kappa shape index (κ1) is 34.1. The molecule has 0 aromatic rings. The molecule has 5 saturated carbocycles. The number of allylic oxidation sites excluding steroid dienone is 1. The van der Waals surface area contributed by atoms with Crippen LogP contribution in [-0.2, 0) is 23.9 Å². The van der Waals surface area contributed by atoms with Crippen LogP contribution in [0.3, 0.4) is 0 Å². The van der Waals surface area contributed by atoms with Crippen LogP contribution in [0.2, 0.25) is 0 Å². The fraction of sp³-hybridized carbons (Fsp3) is 0.865. The van der Waals surface area contributed by atoms with E-state index in [0.29, 0.717) is 18.3 Å². The summed E-state index contributed by atoms with van der Waals surface area (Å²) < 4.78 is 10.4. The van der Waals surface area contributed by atoms with Gasteiger partial charge in [-0.1, -0.05) is 46.8 Å². The topological polar surface area (TPSA) is 151 Å². The van der Waals surface area contributed by atoms with Crippen molar-refractivity contribution in [2.24, 2.45) is 62.6 Å². The van der Waals surface area contributed by atoms with Crippen molar-refractivity contribution in [2.45, 2.75) is 136 Å². The zero-order valence-electron chi connectivity index (χ0n) is 28.5. The van der Waals surface area contributed by atoms with E-state index < -0.39 is 53.4 Å². The molecule has 6 rings (SSSR count). The number of Topliss-reactive ketones (excluding diaryl/α,β-unsaturated/α-hetero) is 1. The predicted octanol–water partition coefficient (Wildman–Crippen LogP) is 4.89. The van der Waals surface area contributed by atoms with Gasteiger partial charge < -0.3 is 29.9 Å². The molecular formula is C37H56O9. The lowest BCUT2D eigenvalue weighted by molar-refractivity contribution is -0.281. The number of carboxylic acid groups (broad SMARTS) is 1. The summed E-state index contributed by atoms with van der Waals surface area (Å²) in [5.41, 5.74) is 0.0512. The average Bonchev–Trinajstić information content (AvgIpc) is 3.39. The number of ketones is 1. The van der Waals surface area contributed by atoms with Crippen molar-refractivity contribution >= 4 is 18.2 Å². The molecule has 0 aromatic carbocycles. The zero-order chi connectivity index (χ0) is 33.8. The Hall–Kier alpha value is -1.81. The number of carboxylic acids is 1. The third-order valence-corrected chi connectivity index (χ3v) is 15.9. The number of aliphatic hydroxyl groups is 3. The van der Waals surface area contributed by atoms with Gasteiger partial charge in [0.05, 0.1) is 5.41 Å². The van der Waals surface area contributed by atoms with Gasteiger partial charge >= 0.3 is 5.97 Å². The fourth-order valence-corrected chi connectivity index (χ4v) is 13.5. The Balaban J connectivity index is 1.29. The normalized spacial score (nSPS) is 52.7. The third kappa shape index (κ3) is 4.36. The quantitative estimate of drug-likeness (QED) is 0.234. The second-order valence-corrected chi connectivity index (χ2v) is 17.6. The minimum atomic E-state index is -1.68. The molecule has 9 nitrogen and oxygen atoms in total. The molecular weight excluding hydrogens is 588 g/mol. The number of carbonyl (C=O) groups is 3. The number of aliphatic carboxylic acids is 1. The van der Waals surface area contributed by atoms with Gasteiger partial charge in [0, 0.05) is 5.92 Å². The molecule has 6 aliphatic rings. The Morgan fingerprint density at radius 3 is 2.15 bits per heavy atom. The highest BCUT2D eigenvalue weighted by molar-refractivity contribution is 5.87. The maximum atomic E-state index is 14.1. The Kier molecular flexibility index (Phi) is 8.23. The Morgan fingerprint density at radius 2 is 1.52 bits per heavy atom. The highest BCUT2D eigenvalue weighted by Gasteiger charge is 2.72. The Morgan fingerprint density at radius 1 is 0.826 bits per heavy atom. The minimum absolute atomic E-state index is 0.00692. The monoisotopic (exact) mass is 644 g/mol. The Bertz CT molecular complexity index is 1280. The van der Waals surface area contributed by atoms with E-state index in [0.717, 1.165) is 63.4 Å². The maximum Gasteiger partial charge on any atom is 0.309 e. The standard InChI is InChI=1S/C37H56O9/c1-19(2)20-10-15-37(32(43)44)17-16-35(6)21(25(20)37)8-9-24-34(5)13-11-22(33(3,4)23(34)12-14-36(24,35)7)26(39)30-28(41)27(40)29(42)31(46-30)45-18-38/h18,20-25,27-31,40-42H,1,8-17H2,2-7H3,(H,43,44)/t20-,21?,22+,23?,24?,25?,27+,28?,29-,30-,31?,34-,35+,36+,37-/m0/s1. The number of hydrogen-bond donors (Lipinski definition) is 4. The molecule has 46 heavy (non-hydrogen) atoms. The van der Waals surface area contributed by atoms with Crippen molar-refractivity contribution in [3.05, 3.63) is 12.2 Å². The van der Waals surface area contributed by atoms with Gasteiger partial charge in [-0.3, -0.25) is 14.4 Å². The summed E-state index contributed by atoms with van der Waals surface area (Å²) in [6, 6.07) is 0. The van der Waals surface area contributed by atoms with E-state index in [2.05, 4.69) is 48.1 Å². The first-order chi connectivity index (χ1) is 21.4. The summed E-state index contributed by atoms with van der Waals surface area (Å²) >= 11 is 0. The number of carbonyl (C=O) groups excluding carboxylic acids is 2. The summed E-state index contributed by atoms with van der Waals surface area (Å²) in [7, 11) is 0. The van der Waals surface area contributed by atoms with Gasteiger partial charge in [-0.2, -0.15) is 0 Å². The van der Waals surface area contributed by atoms with Gasteiger partial charge in [0.2, 0.25) is 6.29 Å². The largest absolute Gasteiger partial charge is 0.481 e. The summed E-state index contributed by atoms with van der Waals surface area (Å²) in [6.45, 7) is 18.3. The molecule has 6 fully saturated rings. The third-order valence-electron chi connectivity index (χ3n) is 15.9. The number of aliphatic hydroxyl groups excluding tert-OH is 3. The molecule has 0 radical (unpaired) electrons. The summed E-state index contributed by atoms with van der Waals surface area (Å²) in [5, 5.41) is 42.2. The lowest BCUT2D eigenvalue weighted by atomic mass is 9.31. The van der Waals surface area contributed by atoms with Gasteiger partial charge in [-0.05, 0) is 122 Å². The average molecular weight is 645 g/mol. The molecule has 4 N–H and O–H groups in total. The van der Waals surface area contributed by atoms with Gasteiger partial charge in [0.15, 0.2) is 5.78 Å². The molecule has 15 atom stereocenters. The van der Waals surface area contributed by atoms with E-state index in [1.54, 1.807) is 0 Å². The van der Waals surface area contributed by atoms with Crippen molar-refractivity contribution in [1.82, 2.24) is 0 Å². The van der Waals surface area contributed by atoms with E-state index in [4.69, 9.17) is 9.47 Å². The highest BCUT2D eigenvalue weighted by atomic mass is 16.7. The number of ether oxygens (including phenoxy) is 2. The van der Waals surface area contributed by atoms with Gasteiger partial charge in [0.25, 0.3) is 6.47 Å². The number of hydrogen-bond acceptors (Lipinski definition) is 8. The SMILES string of the molecule is C=C(C)[C@@H]1CC[C@]2(C(=O)O)CC[C@]3(C)C(CCC4[C@@]5(C)CC[C@H](C(=O)[C@@H]6OC(OC=O)[C@@H](O)[C@H](O)C6O)C(C)(C)C5CC[C@]43C)C12. The van der Waals surface area contributed by atoms with E-state index in [9.17, 15) is 34.8 Å². The van der Waals surface area contributed by atoms with Crippen molar-refractivity contribution < 1.29 is 44.3 Å². The van der Waals surface area contributed by atoms with Crippen molar-refractivity contribution in [3.8, 4) is 0 Å². The molecule has 0 amide bonds. The van der Waals surface area contributed by atoms with Crippen LogP contribution in [0, 0.1) is 62.6 Å². The van der Waals surface area contributed by atoms with Crippen LogP contribution in [0.4, 0.5) is 0 Å². The molecule has 258 valence electrons. The van der Waals surface area contributed by atoms with Crippen molar-refractivity contribution in [2.75, 3.05) is 0 Å². The minimum Gasteiger partial charge on any atom is -0.481 e. The second-order valence-electron chi connectivity index (χ2n) is 17.6. The molecule has 1 aliphatic heterocycles. The van der Waals surface area contributed by atoms with Gasteiger partial charge in [-0.15, -0.1) is 0 Å². The molecule has 0 spiro atoms. The molecule has 0 bridgehead atoms. The van der Waals surface area contributed by atoms with E-state index in [1.807, 2.05) is 0 Å². The number of rotatable bonds is 6. The van der Waals surface area contributed by atoms with Crippen molar-refractivity contribution in [1.29, 1.82) is 0 Å². The highest BCUT2D eigenvalue weighted by Crippen LogP contribution is 2.78. The lowest BCUT2D eigenvalue weighted by Crippen LogP contribution is -2.67. The molecule has 0 aromatic heterocycles. The van der Waals surface area contributed by atoms with Crippen LogP contribution >= 0.6 is 0 Å². The van der Waals surface area contributed by atoms with E-state index in [-0.39, 0.29) is 46.3 Å². The first-order valence-electron chi connectivity index (χ1n) is 17.6. The number of fused-ring (bicyclic) bond motifs is 7. The predicted molar refractivity (Wildman–Crippen MR) is 169 cm³/mol. The van der Waals surface area contributed by atoms with Crippen LogP contribution < -0.4 is 0 Å². The molecule has 6 unspecified atom stereocenters. The Labute approximate surface area is 273 Å². The van der Waals surface area contributed by atoms with Crippen LogP contribution in [0.15, 0.2) is 12.2 Å². The maximum absolute atomic E-state index is 14.1. The van der Waals surface area contributed by atoms with Crippen LogP contribution in [0.5, 0.6) is 0 Å². The van der Waals surface area contributed by atoms with Crippen LogP contribution in [0.1, 0.15) is 106 Å². The lowest BCUT2D eigenvalue weighted by Gasteiger charge is -2.73. The van der Waals surface area contributed by atoms with Crippen LogP contribution in [0.25, 0.3) is 0 Å². The van der Waals surface area contributed by atoms with Crippen molar-refractivity contribution in [3.63, 3.8) is 0 Å². The first-order valence-corrected chi connectivity index (χ1v) is 17.6. The fourth-order valence-electron chi connectivity index (χ4n) is 13.5. The molecule has 9 heteroatoms. The molecule has 5 aliphatic carbocycles. The van der Waals surface area contributed by atoms with E-state index in [1.165, 1.54) is 0 Å².